The van der Waals surface area contributed by atoms with E-state index >= 15 is 0 Å². The van der Waals surface area contributed by atoms with Crippen molar-refractivity contribution >= 4 is 5.78 Å². The molecule has 0 bridgehead atoms. The fraction of sp³-hybridized carbons (Fsp3) is 0.500. The third-order valence-corrected chi connectivity index (χ3v) is 3.11. The molecule has 0 aromatic heterocycles. The average Bonchev–Trinajstić information content (AvgIpc) is 2.27. The lowest BCUT2D eigenvalue weighted by Crippen LogP contribution is -2.30. The summed E-state index contributed by atoms with van der Waals surface area (Å²) in [6.07, 6.45) is 3.45. The van der Waals surface area contributed by atoms with E-state index in [1.54, 1.807) is 0 Å². The SMILES string of the molecule is Cc1ccc(C)c(O[C@H]2CCCCC2=O)c1. The molecule has 0 N–H and O–H groups in total. The number of ketones is 1. The molecular weight excluding hydrogens is 200 g/mol. The van der Waals surface area contributed by atoms with Crippen molar-refractivity contribution in [2.24, 2.45) is 0 Å². The van der Waals surface area contributed by atoms with Gasteiger partial charge in [-0.15, -0.1) is 0 Å². The average molecular weight is 218 g/mol. The molecule has 0 saturated heterocycles. The van der Waals surface area contributed by atoms with Crippen LogP contribution in [0.3, 0.4) is 0 Å². The van der Waals surface area contributed by atoms with Gasteiger partial charge in [-0.1, -0.05) is 12.1 Å². The number of carbonyl (C=O) groups excluding carboxylic acids is 1. The lowest BCUT2D eigenvalue weighted by Gasteiger charge is -2.22. The van der Waals surface area contributed by atoms with Crippen molar-refractivity contribution in [3.63, 3.8) is 0 Å². The third-order valence-electron chi connectivity index (χ3n) is 3.11. The van der Waals surface area contributed by atoms with E-state index in [4.69, 9.17) is 4.74 Å². The van der Waals surface area contributed by atoms with Crippen LogP contribution in [0.1, 0.15) is 36.8 Å². The molecule has 1 aliphatic rings. The summed E-state index contributed by atoms with van der Waals surface area (Å²) in [4.78, 5) is 11.7. The van der Waals surface area contributed by atoms with Crippen LogP contribution < -0.4 is 4.74 Å². The van der Waals surface area contributed by atoms with Gasteiger partial charge in [-0.2, -0.15) is 0 Å². The zero-order valence-corrected chi connectivity index (χ0v) is 9.95. The number of benzene rings is 1. The van der Waals surface area contributed by atoms with Gasteiger partial charge in [-0.05, 0) is 50.3 Å². The van der Waals surface area contributed by atoms with Crippen molar-refractivity contribution < 1.29 is 9.53 Å². The summed E-state index contributed by atoms with van der Waals surface area (Å²) in [5.74, 6) is 1.12. The monoisotopic (exact) mass is 218 g/mol. The van der Waals surface area contributed by atoms with Gasteiger partial charge in [0.2, 0.25) is 0 Å². The summed E-state index contributed by atoms with van der Waals surface area (Å²) in [6.45, 7) is 4.05. The van der Waals surface area contributed by atoms with Crippen LogP contribution in [0.5, 0.6) is 5.75 Å². The number of Topliss-reactive ketones (excluding diaryl/α,β-unsaturated/α-hetero) is 1. The Morgan fingerprint density at radius 3 is 2.81 bits per heavy atom. The van der Waals surface area contributed by atoms with Crippen molar-refractivity contribution in [2.75, 3.05) is 0 Å². The molecule has 2 heteroatoms. The first-order valence-corrected chi connectivity index (χ1v) is 5.93. The number of hydrogen-bond acceptors (Lipinski definition) is 2. The van der Waals surface area contributed by atoms with Crippen LogP contribution >= 0.6 is 0 Å². The lowest BCUT2D eigenvalue weighted by atomic mass is 9.96. The van der Waals surface area contributed by atoms with Crippen LogP contribution in [0.4, 0.5) is 0 Å². The van der Waals surface area contributed by atoms with Gasteiger partial charge in [-0.25, -0.2) is 0 Å². The number of hydrogen-bond donors (Lipinski definition) is 0. The smallest absolute Gasteiger partial charge is 0.173 e. The topological polar surface area (TPSA) is 26.3 Å². The number of rotatable bonds is 2. The molecule has 0 aliphatic heterocycles. The van der Waals surface area contributed by atoms with E-state index in [0.29, 0.717) is 6.42 Å². The van der Waals surface area contributed by atoms with Gasteiger partial charge in [0.1, 0.15) is 5.75 Å². The summed E-state index contributed by atoms with van der Waals surface area (Å²) < 4.78 is 5.83. The van der Waals surface area contributed by atoms with Crippen LogP contribution in [-0.2, 0) is 4.79 Å². The quantitative estimate of drug-likeness (QED) is 0.762. The van der Waals surface area contributed by atoms with E-state index in [2.05, 4.69) is 6.07 Å². The Morgan fingerprint density at radius 2 is 2.06 bits per heavy atom. The van der Waals surface area contributed by atoms with Gasteiger partial charge >= 0.3 is 0 Å². The summed E-state index contributed by atoms with van der Waals surface area (Å²) in [7, 11) is 0. The molecule has 1 aliphatic carbocycles. The minimum Gasteiger partial charge on any atom is -0.482 e. The highest BCUT2D eigenvalue weighted by Gasteiger charge is 2.24. The van der Waals surface area contributed by atoms with Crippen molar-refractivity contribution in [2.45, 2.75) is 45.6 Å². The van der Waals surface area contributed by atoms with Gasteiger partial charge in [0.05, 0.1) is 0 Å². The van der Waals surface area contributed by atoms with Crippen LogP contribution in [0.25, 0.3) is 0 Å². The van der Waals surface area contributed by atoms with Gasteiger partial charge in [0.15, 0.2) is 11.9 Å². The highest BCUT2D eigenvalue weighted by molar-refractivity contribution is 5.84. The molecule has 0 heterocycles. The van der Waals surface area contributed by atoms with Crippen molar-refractivity contribution in [3.05, 3.63) is 29.3 Å². The predicted molar refractivity (Wildman–Crippen MR) is 63.8 cm³/mol. The van der Waals surface area contributed by atoms with Crippen molar-refractivity contribution in [3.8, 4) is 5.75 Å². The van der Waals surface area contributed by atoms with E-state index in [-0.39, 0.29) is 11.9 Å². The number of ether oxygens (including phenoxy) is 1. The van der Waals surface area contributed by atoms with Crippen molar-refractivity contribution in [1.82, 2.24) is 0 Å². The van der Waals surface area contributed by atoms with Crippen LogP contribution in [-0.4, -0.2) is 11.9 Å². The normalized spacial score (nSPS) is 20.9. The molecular formula is C14H18O2. The summed E-state index contributed by atoms with van der Waals surface area (Å²) in [6, 6.07) is 6.11. The van der Waals surface area contributed by atoms with E-state index in [1.807, 2.05) is 26.0 Å². The molecule has 1 fully saturated rings. The first kappa shape index (κ1) is 11.2. The summed E-state index contributed by atoms with van der Waals surface area (Å²) >= 11 is 0. The van der Waals surface area contributed by atoms with Crippen molar-refractivity contribution in [1.29, 1.82) is 0 Å². The van der Waals surface area contributed by atoms with Gasteiger partial charge in [0, 0.05) is 6.42 Å². The second kappa shape index (κ2) is 4.69. The molecule has 1 aromatic carbocycles. The largest absolute Gasteiger partial charge is 0.482 e. The zero-order chi connectivity index (χ0) is 11.5. The maximum atomic E-state index is 11.7. The molecule has 86 valence electrons. The lowest BCUT2D eigenvalue weighted by molar-refractivity contribution is -0.127. The van der Waals surface area contributed by atoms with Gasteiger partial charge in [0.25, 0.3) is 0 Å². The minimum absolute atomic E-state index is 0.214. The molecule has 16 heavy (non-hydrogen) atoms. The van der Waals surface area contributed by atoms with E-state index in [9.17, 15) is 4.79 Å². The zero-order valence-electron chi connectivity index (χ0n) is 9.95. The Hall–Kier alpha value is -1.31. The first-order chi connectivity index (χ1) is 7.66. The van der Waals surface area contributed by atoms with Gasteiger partial charge < -0.3 is 4.74 Å². The Bertz CT molecular complexity index is 396. The molecule has 1 aromatic rings. The fourth-order valence-electron chi connectivity index (χ4n) is 2.06. The molecule has 1 atom stereocenters. The Morgan fingerprint density at radius 1 is 1.25 bits per heavy atom. The molecule has 0 spiro atoms. The maximum Gasteiger partial charge on any atom is 0.173 e. The predicted octanol–water partition coefficient (Wildman–Crippen LogP) is 3.19. The van der Waals surface area contributed by atoms with Gasteiger partial charge in [-0.3, -0.25) is 4.79 Å². The highest BCUT2D eigenvalue weighted by Crippen LogP contribution is 2.24. The molecule has 0 unspecified atom stereocenters. The Labute approximate surface area is 96.6 Å². The van der Waals surface area contributed by atoms with Crippen LogP contribution in [0.2, 0.25) is 0 Å². The van der Waals surface area contributed by atoms with Crippen LogP contribution in [0, 0.1) is 13.8 Å². The first-order valence-electron chi connectivity index (χ1n) is 5.93. The molecule has 0 radical (unpaired) electrons. The third kappa shape index (κ3) is 2.43. The summed E-state index contributed by atoms with van der Waals surface area (Å²) in [5.41, 5.74) is 2.27. The molecule has 2 nitrogen and oxygen atoms in total. The second-order valence-corrected chi connectivity index (χ2v) is 4.59. The number of carbonyl (C=O) groups is 1. The minimum atomic E-state index is -0.214. The maximum absolute atomic E-state index is 11.7. The van der Waals surface area contributed by atoms with Crippen LogP contribution in [0.15, 0.2) is 18.2 Å². The fourth-order valence-corrected chi connectivity index (χ4v) is 2.06. The molecule has 1 saturated carbocycles. The molecule has 0 amide bonds. The second-order valence-electron chi connectivity index (χ2n) is 4.59. The van der Waals surface area contributed by atoms with E-state index in [1.165, 1.54) is 5.56 Å². The Balaban J connectivity index is 2.13. The standard InChI is InChI=1S/C14H18O2/c1-10-7-8-11(2)14(9-10)16-13-6-4-3-5-12(13)15/h7-9,13H,3-6H2,1-2H3/t13-/m0/s1. The number of aryl methyl sites for hydroxylation is 2. The molecule has 2 rings (SSSR count). The van der Waals surface area contributed by atoms with E-state index < -0.39 is 0 Å². The Kier molecular flexibility index (Phi) is 3.28. The summed E-state index contributed by atoms with van der Waals surface area (Å²) in [5, 5.41) is 0. The highest BCUT2D eigenvalue weighted by atomic mass is 16.5. The van der Waals surface area contributed by atoms with E-state index in [0.717, 1.165) is 30.6 Å².